The van der Waals surface area contributed by atoms with Crippen molar-refractivity contribution in [2.45, 2.75) is 95.8 Å². The van der Waals surface area contributed by atoms with Gasteiger partial charge in [0.25, 0.3) is 11.8 Å². The number of amides is 3. The lowest BCUT2D eigenvalue weighted by molar-refractivity contribution is -0.127. The summed E-state index contributed by atoms with van der Waals surface area (Å²) in [5.74, 6) is 0.114. The van der Waals surface area contributed by atoms with Crippen LogP contribution >= 0.6 is 11.5 Å². The lowest BCUT2D eigenvalue weighted by Gasteiger charge is -2.33. The van der Waals surface area contributed by atoms with E-state index in [2.05, 4.69) is 15.0 Å². The van der Waals surface area contributed by atoms with Crippen molar-refractivity contribution in [2.24, 2.45) is 0 Å². The fraction of sp³-hybridized carbons (Fsp3) is 0.471. The van der Waals surface area contributed by atoms with Crippen molar-refractivity contribution in [3.05, 3.63) is 69.7 Å². The Labute approximate surface area is 267 Å². The number of fused-ring (bicyclic) bond motifs is 1. The van der Waals surface area contributed by atoms with Crippen molar-refractivity contribution in [1.29, 1.82) is 0 Å². The second-order valence-corrected chi connectivity index (χ2v) is 13.1. The van der Waals surface area contributed by atoms with Gasteiger partial charge in [-0.2, -0.15) is 4.37 Å². The van der Waals surface area contributed by atoms with Crippen LogP contribution in [0.5, 0.6) is 11.5 Å². The summed E-state index contributed by atoms with van der Waals surface area (Å²) in [6.07, 6.45) is 10.2. The lowest BCUT2D eigenvalue weighted by atomic mass is 9.94. The number of anilines is 1. The van der Waals surface area contributed by atoms with Crippen LogP contribution in [-0.2, 0) is 11.3 Å². The molecule has 45 heavy (non-hydrogen) atoms. The van der Waals surface area contributed by atoms with Crippen molar-refractivity contribution in [1.82, 2.24) is 19.9 Å². The Kier molecular flexibility index (Phi) is 9.53. The Hall–Kier alpha value is -4.12. The molecule has 1 atom stereocenters. The predicted molar refractivity (Wildman–Crippen MR) is 172 cm³/mol. The standard InChI is InChI=1S/C34H41N5O5S/c1-21-12-15-23(16-13-21)30(33(41)37-25-10-6-3-7-11-25)39(19-22-14-17-26-27(18-22)44-20-43-26)34(42)31-28(35)29(38-45-31)32(40)36-24-8-4-2-5-9-24/h12-18,24-25,30H,2-11,19-20,35H2,1H3,(H,36,40)(H,37,41). The number of carbonyl (C=O) groups is 3. The molecular formula is C34H41N5O5S. The molecule has 4 N–H and O–H groups in total. The van der Waals surface area contributed by atoms with Crippen LogP contribution < -0.4 is 25.8 Å². The molecule has 1 aliphatic heterocycles. The van der Waals surface area contributed by atoms with E-state index in [9.17, 15) is 14.4 Å². The molecule has 11 heteroatoms. The van der Waals surface area contributed by atoms with Gasteiger partial charge in [0, 0.05) is 18.6 Å². The molecule has 2 aromatic carbocycles. The highest BCUT2D eigenvalue weighted by molar-refractivity contribution is 7.09. The summed E-state index contributed by atoms with van der Waals surface area (Å²) in [7, 11) is 0. The Morgan fingerprint density at radius 3 is 2.24 bits per heavy atom. The minimum Gasteiger partial charge on any atom is -0.454 e. The number of nitrogens with zero attached hydrogens (tertiary/aromatic N) is 2. The summed E-state index contributed by atoms with van der Waals surface area (Å²) in [6, 6.07) is 12.3. The van der Waals surface area contributed by atoms with Gasteiger partial charge in [0.05, 0.1) is 5.69 Å². The van der Waals surface area contributed by atoms with Crippen LogP contribution in [0.3, 0.4) is 0 Å². The summed E-state index contributed by atoms with van der Waals surface area (Å²) in [4.78, 5) is 43.6. The topological polar surface area (TPSA) is 136 Å². The molecule has 1 unspecified atom stereocenters. The number of hydrogen-bond donors (Lipinski definition) is 3. The Bertz CT molecular complexity index is 1530. The first-order valence-electron chi connectivity index (χ1n) is 16.0. The SMILES string of the molecule is Cc1ccc(C(C(=O)NC2CCCCC2)N(Cc2ccc3c(c2)OCO3)C(=O)c2snc(C(=O)NC3CCCCC3)c2N)cc1. The number of nitrogens with two attached hydrogens (primary N) is 1. The summed E-state index contributed by atoms with van der Waals surface area (Å²) in [5, 5.41) is 6.29. The first-order chi connectivity index (χ1) is 21.9. The van der Waals surface area contributed by atoms with Gasteiger partial charge in [-0.3, -0.25) is 14.4 Å². The van der Waals surface area contributed by atoms with Crippen LogP contribution in [0.1, 0.15) is 107 Å². The van der Waals surface area contributed by atoms with Gasteiger partial charge >= 0.3 is 0 Å². The molecule has 2 saturated carbocycles. The van der Waals surface area contributed by atoms with Crippen LogP contribution in [0.25, 0.3) is 0 Å². The number of benzene rings is 2. The summed E-state index contributed by atoms with van der Waals surface area (Å²) in [5.41, 5.74) is 9.07. The molecule has 1 aromatic heterocycles. The van der Waals surface area contributed by atoms with Crippen LogP contribution in [0.15, 0.2) is 42.5 Å². The van der Waals surface area contributed by atoms with Crippen LogP contribution in [0, 0.1) is 6.92 Å². The predicted octanol–water partition coefficient (Wildman–Crippen LogP) is 5.66. The molecule has 238 valence electrons. The number of ether oxygens (including phenoxy) is 2. The molecule has 0 spiro atoms. The number of rotatable bonds is 9. The van der Waals surface area contributed by atoms with Crippen molar-refractivity contribution < 1.29 is 23.9 Å². The van der Waals surface area contributed by atoms with E-state index < -0.39 is 11.9 Å². The van der Waals surface area contributed by atoms with E-state index in [-0.39, 0.29) is 53.5 Å². The van der Waals surface area contributed by atoms with E-state index in [0.717, 1.165) is 80.4 Å². The van der Waals surface area contributed by atoms with Gasteiger partial charge in [0.2, 0.25) is 12.7 Å². The number of carbonyl (C=O) groups excluding carboxylic acids is 3. The van der Waals surface area contributed by atoms with Gasteiger partial charge in [-0.1, -0.05) is 74.4 Å². The zero-order valence-electron chi connectivity index (χ0n) is 25.7. The fourth-order valence-corrected chi connectivity index (χ4v) is 7.27. The average Bonchev–Trinajstić information content (AvgIpc) is 3.68. The zero-order valence-corrected chi connectivity index (χ0v) is 26.5. The summed E-state index contributed by atoms with van der Waals surface area (Å²) in [6.45, 7) is 2.20. The zero-order chi connectivity index (χ0) is 31.3. The number of nitrogen functional groups attached to an aromatic ring is 1. The normalized spacial score (nSPS) is 17.4. The third kappa shape index (κ3) is 7.08. The lowest BCUT2D eigenvalue weighted by Crippen LogP contribution is -2.46. The van der Waals surface area contributed by atoms with Crippen molar-refractivity contribution in [3.8, 4) is 11.5 Å². The molecule has 10 nitrogen and oxygen atoms in total. The highest BCUT2D eigenvalue weighted by Crippen LogP contribution is 2.35. The number of aryl methyl sites for hydroxylation is 1. The third-order valence-electron chi connectivity index (χ3n) is 9.03. The number of nitrogens with one attached hydrogen (secondary N) is 2. The molecule has 0 saturated heterocycles. The Morgan fingerprint density at radius 1 is 0.911 bits per heavy atom. The van der Waals surface area contributed by atoms with Crippen molar-refractivity contribution in [3.63, 3.8) is 0 Å². The van der Waals surface area contributed by atoms with E-state index in [4.69, 9.17) is 15.2 Å². The van der Waals surface area contributed by atoms with E-state index >= 15 is 0 Å². The molecular weight excluding hydrogens is 590 g/mol. The van der Waals surface area contributed by atoms with E-state index in [1.165, 1.54) is 11.3 Å². The average molecular weight is 632 g/mol. The maximum atomic E-state index is 14.6. The Morgan fingerprint density at radius 2 is 1.56 bits per heavy atom. The minimum absolute atomic E-state index is 0.0318. The Balaban J connectivity index is 1.35. The molecule has 0 radical (unpaired) electrons. The van der Waals surface area contributed by atoms with E-state index in [1.54, 1.807) is 6.07 Å². The maximum absolute atomic E-state index is 14.6. The van der Waals surface area contributed by atoms with Gasteiger partial charge in [-0.05, 0) is 67.4 Å². The molecule has 3 amide bonds. The monoisotopic (exact) mass is 631 g/mol. The molecule has 2 heterocycles. The highest BCUT2D eigenvalue weighted by Gasteiger charge is 2.36. The largest absolute Gasteiger partial charge is 0.454 e. The van der Waals surface area contributed by atoms with Gasteiger partial charge in [-0.15, -0.1) is 0 Å². The van der Waals surface area contributed by atoms with Gasteiger partial charge in [0.15, 0.2) is 17.2 Å². The third-order valence-corrected chi connectivity index (χ3v) is 9.88. The van der Waals surface area contributed by atoms with E-state index in [1.807, 2.05) is 43.3 Å². The number of aromatic nitrogens is 1. The van der Waals surface area contributed by atoms with Crippen LogP contribution in [0.4, 0.5) is 5.69 Å². The summed E-state index contributed by atoms with van der Waals surface area (Å²) < 4.78 is 15.4. The second-order valence-electron chi connectivity index (χ2n) is 12.4. The number of hydrogen-bond acceptors (Lipinski definition) is 8. The highest BCUT2D eigenvalue weighted by atomic mass is 32.1. The quantitative estimate of drug-likeness (QED) is 0.277. The van der Waals surface area contributed by atoms with Gasteiger partial charge in [0.1, 0.15) is 10.9 Å². The van der Waals surface area contributed by atoms with Crippen molar-refractivity contribution >= 4 is 34.9 Å². The molecule has 2 aliphatic carbocycles. The van der Waals surface area contributed by atoms with Gasteiger partial charge in [-0.25, -0.2) is 0 Å². The molecule has 2 fully saturated rings. The molecule has 0 bridgehead atoms. The summed E-state index contributed by atoms with van der Waals surface area (Å²) >= 11 is 0.893. The van der Waals surface area contributed by atoms with Crippen LogP contribution in [0.2, 0.25) is 0 Å². The van der Waals surface area contributed by atoms with Crippen LogP contribution in [-0.4, -0.2) is 45.9 Å². The minimum atomic E-state index is -0.952. The second kappa shape index (κ2) is 13.9. The van der Waals surface area contributed by atoms with Gasteiger partial charge < -0.3 is 30.7 Å². The first-order valence-corrected chi connectivity index (χ1v) is 16.8. The first kappa shape index (κ1) is 30.9. The molecule has 3 aromatic rings. The molecule has 3 aliphatic rings. The smallest absolute Gasteiger partial charge is 0.273 e. The molecule has 6 rings (SSSR count). The van der Waals surface area contributed by atoms with Crippen molar-refractivity contribution in [2.75, 3.05) is 12.5 Å². The maximum Gasteiger partial charge on any atom is 0.273 e. The van der Waals surface area contributed by atoms with E-state index in [0.29, 0.717) is 17.1 Å². The fourth-order valence-electron chi connectivity index (χ4n) is 6.51.